The lowest BCUT2D eigenvalue weighted by atomic mass is 10.2. The SMILES string of the molecule is CCOc1c(N)nsc1N1CCOCC1CC. The van der Waals surface area contributed by atoms with Crippen LogP contribution in [0.2, 0.25) is 0 Å². The molecule has 17 heavy (non-hydrogen) atoms. The fraction of sp³-hybridized carbons (Fsp3) is 0.727. The Morgan fingerprint density at radius 1 is 1.59 bits per heavy atom. The topological polar surface area (TPSA) is 60.6 Å². The van der Waals surface area contributed by atoms with Crippen molar-refractivity contribution in [2.75, 3.05) is 37.0 Å². The Labute approximate surface area is 106 Å². The summed E-state index contributed by atoms with van der Waals surface area (Å²) < 4.78 is 15.3. The van der Waals surface area contributed by atoms with E-state index in [1.54, 1.807) is 0 Å². The monoisotopic (exact) mass is 257 g/mol. The third-order valence-corrected chi connectivity index (χ3v) is 3.79. The minimum atomic E-state index is 0.391. The molecule has 2 N–H and O–H groups in total. The predicted octanol–water partition coefficient (Wildman–Crippen LogP) is 1.74. The van der Waals surface area contributed by atoms with Crippen molar-refractivity contribution in [3.8, 4) is 5.75 Å². The first-order valence-electron chi connectivity index (χ1n) is 6.00. The second-order valence-electron chi connectivity index (χ2n) is 3.97. The van der Waals surface area contributed by atoms with E-state index in [0.29, 0.717) is 18.5 Å². The standard InChI is InChI=1S/C11H19N3O2S/c1-3-8-7-15-6-5-14(8)11-9(16-4-2)10(12)13-17-11/h8H,3-7H2,1-2H3,(H2,12,13). The van der Waals surface area contributed by atoms with E-state index >= 15 is 0 Å². The third-order valence-electron chi connectivity index (χ3n) is 2.91. The molecule has 0 aromatic carbocycles. The zero-order chi connectivity index (χ0) is 12.3. The molecule has 1 fully saturated rings. The van der Waals surface area contributed by atoms with Gasteiger partial charge in [0.2, 0.25) is 0 Å². The number of morpholine rings is 1. The average Bonchev–Trinajstić information content (AvgIpc) is 2.72. The normalized spacial score (nSPS) is 20.6. The van der Waals surface area contributed by atoms with Crippen molar-refractivity contribution in [3.05, 3.63) is 0 Å². The maximum absolute atomic E-state index is 5.84. The van der Waals surface area contributed by atoms with E-state index in [-0.39, 0.29) is 0 Å². The molecule has 0 radical (unpaired) electrons. The number of aromatic nitrogens is 1. The van der Waals surface area contributed by atoms with Crippen LogP contribution >= 0.6 is 11.5 Å². The fourth-order valence-corrected chi connectivity index (χ4v) is 2.87. The Hall–Kier alpha value is -1.01. The number of nitrogens with two attached hydrogens (primary N) is 1. The van der Waals surface area contributed by atoms with Gasteiger partial charge in [-0.1, -0.05) is 6.92 Å². The van der Waals surface area contributed by atoms with E-state index in [2.05, 4.69) is 16.2 Å². The van der Waals surface area contributed by atoms with Crippen LogP contribution in [0.4, 0.5) is 10.8 Å². The van der Waals surface area contributed by atoms with Gasteiger partial charge in [-0.05, 0) is 24.9 Å². The van der Waals surface area contributed by atoms with Gasteiger partial charge in [0, 0.05) is 6.54 Å². The van der Waals surface area contributed by atoms with Crippen molar-refractivity contribution in [2.45, 2.75) is 26.3 Å². The molecule has 1 unspecified atom stereocenters. The number of ether oxygens (including phenoxy) is 2. The van der Waals surface area contributed by atoms with Gasteiger partial charge in [-0.2, -0.15) is 4.37 Å². The molecule has 0 bridgehead atoms. The summed E-state index contributed by atoms with van der Waals surface area (Å²) in [5.74, 6) is 1.23. The Bertz CT molecular complexity index is 370. The van der Waals surface area contributed by atoms with Gasteiger partial charge in [-0.3, -0.25) is 0 Å². The summed E-state index contributed by atoms with van der Waals surface area (Å²) in [6.07, 6.45) is 1.05. The molecule has 1 saturated heterocycles. The molecular formula is C11H19N3O2S. The third kappa shape index (κ3) is 2.47. The number of nitrogen functional groups attached to an aromatic ring is 1. The molecule has 6 heteroatoms. The zero-order valence-electron chi connectivity index (χ0n) is 10.3. The molecule has 0 saturated carbocycles. The summed E-state index contributed by atoms with van der Waals surface area (Å²) in [5.41, 5.74) is 5.84. The lowest BCUT2D eigenvalue weighted by Crippen LogP contribution is -2.45. The van der Waals surface area contributed by atoms with Crippen LogP contribution in [0.25, 0.3) is 0 Å². The molecule has 5 nitrogen and oxygen atoms in total. The second-order valence-corrected chi connectivity index (χ2v) is 4.72. The van der Waals surface area contributed by atoms with Gasteiger partial charge in [0.25, 0.3) is 0 Å². The number of rotatable bonds is 4. The Morgan fingerprint density at radius 3 is 3.12 bits per heavy atom. The van der Waals surface area contributed by atoms with Crippen molar-refractivity contribution in [3.63, 3.8) is 0 Å². The molecule has 1 aromatic heterocycles. The van der Waals surface area contributed by atoms with Gasteiger partial charge in [0.15, 0.2) is 16.6 Å². The predicted molar refractivity (Wildman–Crippen MR) is 69.9 cm³/mol. The first kappa shape index (κ1) is 12.4. The van der Waals surface area contributed by atoms with Gasteiger partial charge in [-0.15, -0.1) is 0 Å². The van der Waals surface area contributed by atoms with Crippen LogP contribution in [-0.2, 0) is 4.74 Å². The van der Waals surface area contributed by atoms with E-state index in [1.807, 2.05) is 6.92 Å². The van der Waals surface area contributed by atoms with Crippen LogP contribution in [0.3, 0.4) is 0 Å². The molecule has 0 amide bonds. The number of anilines is 2. The highest BCUT2D eigenvalue weighted by molar-refractivity contribution is 7.11. The number of hydrogen-bond acceptors (Lipinski definition) is 6. The molecular weight excluding hydrogens is 238 g/mol. The first-order chi connectivity index (χ1) is 8.27. The number of nitrogens with zero attached hydrogens (tertiary/aromatic N) is 2. The molecule has 0 aliphatic carbocycles. The summed E-state index contributed by atoms with van der Waals surface area (Å²) in [4.78, 5) is 2.31. The minimum absolute atomic E-state index is 0.391. The second kappa shape index (κ2) is 5.55. The van der Waals surface area contributed by atoms with Crippen molar-refractivity contribution in [2.24, 2.45) is 0 Å². The smallest absolute Gasteiger partial charge is 0.197 e. The van der Waals surface area contributed by atoms with Crippen LogP contribution in [0.1, 0.15) is 20.3 Å². The lowest BCUT2D eigenvalue weighted by Gasteiger charge is -2.35. The molecule has 1 atom stereocenters. The summed E-state index contributed by atoms with van der Waals surface area (Å²) in [6.45, 7) is 7.12. The maximum atomic E-state index is 5.84. The van der Waals surface area contributed by atoms with Crippen molar-refractivity contribution in [1.82, 2.24) is 4.37 Å². The maximum Gasteiger partial charge on any atom is 0.197 e. The van der Waals surface area contributed by atoms with E-state index in [0.717, 1.165) is 36.9 Å². The fourth-order valence-electron chi connectivity index (χ4n) is 2.01. The molecule has 1 aliphatic heterocycles. The summed E-state index contributed by atoms with van der Waals surface area (Å²) in [7, 11) is 0. The van der Waals surface area contributed by atoms with E-state index in [4.69, 9.17) is 15.2 Å². The van der Waals surface area contributed by atoms with Gasteiger partial charge in [0.05, 0.1) is 25.9 Å². The molecule has 1 aromatic rings. The molecule has 0 spiro atoms. The molecule has 1 aliphatic rings. The Morgan fingerprint density at radius 2 is 2.41 bits per heavy atom. The van der Waals surface area contributed by atoms with Crippen molar-refractivity contribution < 1.29 is 9.47 Å². The largest absolute Gasteiger partial charge is 0.487 e. The van der Waals surface area contributed by atoms with Crippen LogP contribution in [0.5, 0.6) is 5.75 Å². The average molecular weight is 257 g/mol. The summed E-state index contributed by atoms with van der Waals surface area (Å²) in [6, 6.07) is 0.391. The van der Waals surface area contributed by atoms with Gasteiger partial charge in [0.1, 0.15) is 0 Å². The highest BCUT2D eigenvalue weighted by atomic mass is 32.1. The summed E-state index contributed by atoms with van der Waals surface area (Å²) in [5, 5.41) is 1.04. The van der Waals surface area contributed by atoms with Crippen LogP contribution in [0.15, 0.2) is 0 Å². The lowest BCUT2D eigenvalue weighted by molar-refractivity contribution is 0.0930. The van der Waals surface area contributed by atoms with Gasteiger partial charge >= 0.3 is 0 Å². The highest BCUT2D eigenvalue weighted by Gasteiger charge is 2.27. The molecule has 96 valence electrons. The minimum Gasteiger partial charge on any atom is -0.487 e. The van der Waals surface area contributed by atoms with Crippen LogP contribution in [0, 0.1) is 0 Å². The van der Waals surface area contributed by atoms with Crippen LogP contribution < -0.4 is 15.4 Å². The summed E-state index contributed by atoms with van der Waals surface area (Å²) >= 11 is 1.41. The van der Waals surface area contributed by atoms with Crippen molar-refractivity contribution >= 4 is 22.4 Å². The highest BCUT2D eigenvalue weighted by Crippen LogP contribution is 2.40. The van der Waals surface area contributed by atoms with E-state index < -0.39 is 0 Å². The zero-order valence-corrected chi connectivity index (χ0v) is 11.1. The van der Waals surface area contributed by atoms with Crippen molar-refractivity contribution in [1.29, 1.82) is 0 Å². The molecule has 2 rings (SSSR count). The number of hydrogen-bond donors (Lipinski definition) is 1. The Balaban J connectivity index is 2.24. The Kier molecular flexibility index (Phi) is 4.06. The van der Waals surface area contributed by atoms with E-state index in [9.17, 15) is 0 Å². The van der Waals surface area contributed by atoms with Gasteiger partial charge in [-0.25, -0.2) is 0 Å². The first-order valence-corrected chi connectivity index (χ1v) is 6.77. The van der Waals surface area contributed by atoms with E-state index in [1.165, 1.54) is 11.5 Å². The van der Waals surface area contributed by atoms with Crippen LogP contribution in [-0.4, -0.2) is 36.8 Å². The van der Waals surface area contributed by atoms with Gasteiger partial charge < -0.3 is 20.1 Å². The molecule has 2 heterocycles. The quantitative estimate of drug-likeness (QED) is 0.890.